The van der Waals surface area contributed by atoms with E-state index in [1.54, 1.807) is 0 Å². The average Bonchev–Trinajstić information content (AvgIpc) is 2.38. The zero-order valence-electron chi connectivity index (χ0n) is 10.2. The molecule has 3 N–H and O–H groups in total. The van der Waals surface area contributed by atoms with Crippen LogP contribution in [0.25, 0.3) is 0 Å². The lowest BCUT2D eigenvalue weighted by Gasteiger charge is -2.11. The Morgan fingerprint density at radius 3 is 2.38 bits per heavy atom. The van der Waals surface area contributed by atoms with Gasteiger partial charge in [-0.3, -0.25) is 0 Å². The van der Waals surface area contributed by atoms with Gasteiger partial charge in [0.25, 0.3) is 0 Å². The summed E-state index contributed by atoms with van der Waals surface area (Å²) in [6, 6.07) is 3.54. The second kappa shape index (κ2) is 5.65. The molecule has 0 bridgehead atoms. The fourth-order valence-corrected chi connectivity index (χ4v) is 1.96. The summed E-state index contributed by atoms with van der Waals surface area (Å²) in [6.45, 7) is 0. The number of carboxylic acids is 1. The summed E-state index contributed by atoms with van der Waals surface area (Å²) in [4.78, 5) is 10.7. The molecular formula is C13H7BrF3NO3. The summed E-state index contributed by atoms with van der Waals surface area (Å²) in [5.74, 6) is -5.90. The third-order valence-corrected chi connectivity index (χ3v) is 2.97. The Morgan fingerprint density at radius 2 is 1.76 bits per heavy atom. The minimum absolute atomic E-state index is 0.206. The zero-order chi connectivity index (χ0) is 15.7. The van der Waals surface area contributed by atoms with Gasteiger partial charge in [0, 0.05) is 10.5 Å². The van der Waals surface area contributed by atoms with E-state index in [0.717, 1.165) is 18.2 Å². The molecule has 8 heteroatoms. The van der Waals surface area contributed by atoms with Crippen LogP contribution >= 0.6 is 15.9 Å². The van der Waals surface area contributed by atoms with Gasteiger partial charge in [-0.25, -0.2) is 13.6 Å². The maximum atomic E-state index is 13.6. The van der Waals surface area contributed by atoms with E-state index in [1.165, 1.54) is 0 Å². The summed E-state index contributed by atoms with van der Waals surface area (Å²) < 4.78 is 45.6. The summed E-state index contributed by atoms with van der Waals surface area (Å²) in [5, 5.41) is 8.74. The van der Waals surface area contributed by atoms with Gasteiger partial charge in [0.15, 0.2) is 17.3 Å². The molecule has 4 nitrogen and oxygen atoms in total. The van der Waals surface area contributed by atoms with Crippen molar-refractivity contribution < 1.29 is 27.8 Å². The molecule has 2 rings (SSSR count). The highest BCUT2D eigenvalue weighted by molar-refractivity contribution is 9.10. The van der Waals surface area contributed by atoms with Crippen LogP contribution in [0.5, 0.6) is 11.5 Å². The number of benzene rings is 2. The van der Waals surface area contributed by atoms with Gasteiger partial charge < -0.3 is 15.6 Å². The van der Waals surface area contributed by atoms with Crippen LogP contribution in [-0.2, 0) is 0 Å². The van der Waals surface area contributed by atoms with Crippen molar-refractivity contribution in [2.75, 3.05) is 5.73 Å². The van der Waals surface area contributed by atoms with Crippen LogP contribution < -0.4 is 10.5 Å². The summed E-state index contributed by atoms with van der Waals surface area (Å²) in [7, 11) is 0. The Labute approximate surface area is 125 Å². The Kier molecular flexibility index (Phi) is 4.08. The van der Waals surface area contributed by atoms with Gasteiger partial charge in [0.2, 0.25) is 5.82 Å². The summed E-state index contributed by atoms with van der Waals surface area (Å²) in [6.07, 6.45) is 0. The first kappa shape index (κ1) is 15.2. The SMILES string of the molecule is Nc1cc(C(=O)O)c(F)cc1Oc1cc(Br)cc(F)c1F. The molecule has 0 heterocycles. The second-order valence-electron chi connectivity index (χ2n) is 3.98. The third kappa shape index (κ3) is 3.10. The number of ether oxygens (including phenoxy) is 1. The predicted molar refractivity (Wildman–Crippen MR) is 71.9 cm³/mol. The van der Waals surface area contributed by atoms with Crippen LogP contribution in [0.2, 0.25) is 0 Å². The molecule has 2 aromatic rings. The monoisotopic (exact) mass is 361 g/mol. The molecule has 21 heavy (non-hydrogen) atoms. The average molecular weight is 362 g/mol. The van der Waals surface area contributed by atoms with Crippen LogP contribution in [0.1, 0.15) is 10.4 Å². The predicted octanol–water partition coefficient (Wildman–Crippen LogP) is 3.94. The number of anilines is 1. The third-order valence-electron chi connectivity index (χ3n) is 2.51. The molecule has 0 spiro atoms. The van der Waals surface area contributed by atoms with E-state index in [9.17, 15) is 18.0 Å². The number of hydrogen-bond acceptors (Lipinski definition) is 3. The van der Waals surface area contributed by atoms with E-state index in [-0.39, 0.29) is 15.9 Å². The quantitative estimate of drug-likeness (QED) is 0.641. The maximum absolute atomic E-state index is 13.6. The Morgan fingerprint density at radius 1 is 1.10 bits per heavy atom. The lowest BCUT2D eigenvalue weighted by atomic mass is 10.1. The first-order valence-electron chi connectivity index (χ1n) is 5.44. The first-order chi connectivity index (χ1) is 9.79. The number of carbonyl (C=O) groups is 1. The van der Waals surface area contributed by atoms with Gasteiger partial charge in [-0.1, -0.05) is 15.9 Å². The van der Waals surface area contributed by atoms with Gasteiger partial charge in [-0.15, -0.1) is 0 Å². The zero-order valence-corrected chi connectivity index (χ0v) is 11.7. The highest BCUT2D eigenvalue weighted by Gasteiger charge is 2.17. The lowest BCUT2D eigenvalue weighted by Crippen LogP contribution is -2.04. The van der Waals surface area contributed by atoms with Crippen molar-refractivity contribution in [3.63, 3.8) is 0 Å². The fourth-order valence-electron chi connectivity index (χ4n) is 1.55. The van der Waals surface area contributed by atoms with Crippen LogP contribution in [0, 0.1) is 17.5 Å². The van der Waals surface area contributed by atoms with Gasteiger partial charge in [0.05, 0.1) is 11.3 Å². The van der Waals surface area contributed by atoms with Crippen molar-refractivity contribution in [1.29, 1.82) is 0 Å². The molecule has 0 atom stereocenters. The molecule has 0 aliphatic heterocycles. The molecule has 0 radical (unpaired) electrons. The standard InChI is InChI=1S/C13H7BrF3NO3/c14-5-1-8(16)12(17)11(2-5)21-10-4-7(15)6(13(19)20)3-9(10)18/h1-4H,18H2,(H,19,20). The molecule has 0 aromatic heterocycles. The smallest absolute Gasteiger partial charge is 0.338 e. The number of nitrogens with two attached hydrogens (primary N) is 1. The second-order valence-corrected chi connectivity index (χ2v) is 4.89. The van der Waals surface area contributed by atoms with E-state index in [2.05, 4.69) is 15.9 Å². The minimum Gasteiger partial charge on any atom is -0.478 e. The van der Waals surface area contributed by atoms with E-state index in [1.807, 2.05) is 0 Å². The van der Waals surface area contributed by atoms with E-state index in [0.29, 0.717) is 6.07 Å². The van der Waals surface area contributed by atoms with Crippen LogP contribution in [0.15, 0.2) is 28.7 Å². The van der Waals surface area contributed by atoms with Crippen LogP contribution in [0.4, 0.5) is 18.9 Å². The molecule has 0 aliphatic rings. The normalized spacial score (nSPS) is 10.5. The van der Waals surface area contributed by atoms with Gasteiger partial charge in [0.1, 0.15) is 5.82 Å². The van der Waals surface area contributed by atoms with Crippen LogP contribution in [-0.4, -0.2) is 11.1 Å². The van der Waals surface area contributed by atoms with Gasteiger partial charge in [-0.2, -0.15) is 4.39 Å². The van der Waals surface area contributed by atoms with Crippen molar-refractivity contribution in [3.05, 3.63) is 51.8 Å². The van der Waals surface area contributed by atoms with Crippen molar-refractivity contribution in [2.24, 2.45) is 0 Å². The number of hydrogen-bond donors (Lipinski definition) is 2. The number of halogens is 4. The molecule has 2 aromatic carbocycles. The Bertz CT molecular complexity index is 737. The molecule has 110 valence electrons. The van der Waals surface area contributed by atoms with E-state index < -0.39 is 34.7 Å². The number of rotatable bonds is 3. The summed E-state index contributed by atoms with van der Waals surface area (Å²) >= 11 is 2.95. The molecule has 0 aliphatic carbocycles. The van der Waals surface area contributed by atoms with Crippen molar-refractivity contribution in [2.45, 2.75) is 0 Å². The molecule has 0 saturated heterocycles. The number of nitrogen functional groups attached to an aromatic ring is 1. The number of aromatic carboxylic acids is 1. The molecule has 0 saturated carbocycles. The Balaban J connectivity index is 2.46. The molecule has 0 unspecified atom stereocenters. The lowest BCUT2D eigenvalue weighted by molar-refractivity contribution is 0.0692. The topological polar surface area (TPSA) is 72.6 Å². The molecule has 0 amide bonds. The van der Waals surface area contributed by atoms with Gasteiger partial charge in [-0.05, 0) is 18.2 Å². The number of carboxylic acid groups (broad SMARTS) is 1. The van der Waals surface area contributed by atoms with Crippen molar-refractivity contribution >= 4 is 27.6 Å². The van der Waals surface area contributed by atoms with E-state index >= 15 is 0 Å². The first-order valence-corrected chi connectivity index (χ1v) is 6.23. The molecular weight excluding hydrogens is 355 g/mol. The van der Waals surface area contributed by atoms with E-state index in [4.69, 9.17) is 15.6 Å². The Hall–Kier alpha value is -2.22. The van der Waals surface area contributed by atoms with Crippen molar-refractivity contribution in [1.82, 2.24) is 0 Å². The van der Waals surface area contributed by atoms with Gasteiger partial charge >= 0.3 is 5.97 Å². The van der Waals surface area contributed by atoms with Crippen LogP contribution in [0.3, 0.4) is 0 Å². The molecule has 0 fully saturated rings. The maximum Gasteiger partial charge on any atom is 0.338 e. The highest BCUT2D eigenvalue weighted by atomic mass is 79.9. The highest BCUT2D eigenvalue weighted by Crippen LogP contribution is 2.33. The largest absolute Gasteiger partial charge is 0.478 e. The van der Waals surface area contributed by atoms with Crippen molar-refractivity contribution in [3.8, 4) is 11.5 Å². The minimum atomic E-state index is -1.51. The summed E-state index contributed by atoms with van der Waals surface area (Å²) in [5.41, 5.74) is 4.64. The fraction of sp³-hybridized carbons (Fsp3) is 0.